The molecule has 3 rings (SSSR count). The maximum absolute atomic E-state index is 12.9. The van der Waals surface area contributed by atoms with Crippen molar-refractivity contribution in [3.05, 3.63) is 64.4 Å². The molecule has 0 aliphatic carbocycles. The Kier molecular flexibility index (Phi) is 4.94. The molecule has 4 nitrogen and oxygen atoms in total. The van der Waals surface area contributed by atoms with Gasteiger partial charge >= 0.3 is 0 Å². The van der Waals surface area contributed by atoms with Crippen molar-refractivity contribution in [2.45, 2.75) is 13.0 Å². The number of hydrogen-bond donors (Lipinski definition) is 1. The number of rotatable bonds is 4. The minimum atomic E-state index is -0.384. The van der Waals surface area contributed by atoms with Crippen molar-refractivity contribution in [1.82, 2.24) is 5.32 Å². The zero-order chi connectivity index (χ0) is 17.1. The lowest BCUT2D eigenvalue weighted by Gasteiger charge is -2.18. The first-order chi connectivity index (χ1) is 11.5. The summed E-state index contributed by atoms with van der Waals surface area (Å²) in [7, 11) is 0. The highest BCUT2D eigenvalue weighted by Crippen LogP contribution is 2.31. The van der Waals surface area contributed by atoms with Gasteiger partial charge in [-0.05, 0) is 45.8 Å². The Labute approximate surface area is 147 Å². The number of halogens is 2. The van der Waals surface area contributed by atoms with Crippen LogP contribution in [0.25, 0.3) is 0 Å². The summed E-state index contributed by atoms with van der Waals surface area (Å²) in [6.45, 7) is 0.676. The van der Waals surface area contributed by atoms with Gasteiger partial charge in [-0.25, -0.2) is 4.39 Å². The van der Waals surface area contributed by atoms with Crippen molar-refractivity contribution in [3.63, 3.8) is 0 Å². The fraction of sp³-hybridized carbons (Fsp3) is 0.222. The fourth-order valence-corrected chi connectivity index (χ4v) is 3.22. The summed E-state index contributed by atoms with van der Waals surface area (Å²) in [5.74, 6) is -0.924. The van der Waals surface area contributed by atoms with Crippen LogP contribution in [0.15, 0.2) is 53.0 Å². The Balaban J connectivity index is 1.62. The van der Waals surface area contributed by atoms with Gasteiger partial charge in [-0.1, -0.05) is 24.3 Å². The zero-order valence-electron chi connectivity index (χ0n) is 12.8. The maximum Gasteiger partial charge on any atom is 0.227 e. The largest absolute Gasteiger partial charge is 0.352 e. The van der Waals surface area contributed by atoms with Crippen LogP contribution in [-0.4, -0.2) is 18.4 Å². The van der Waals surface area contributed by atoms with Crippen LogP contribution in [0.2, 0.25) is 0 Å². The lowest BCUT2D eigenvalue weighted by molar-refractivity contribution is -0.126. The Morgan fingerprint density at radius 1 is 1.21 bits per heavy atom. The van der Waals surface area contributed by atoms with Crippen LogP contribution in [0.3, 0.4) is 0 Å². The Morgan fingerprint density at radius 2 is 1.92 bits per heavy atom. The van der Waals surface area contributed by atoms with Gasteiger partial charge < -0.3 is 10.2 Å². The van der Waals surface area contributed by atoms with Crippen molar-refractivity contribution < 1.29 is 14.0 Å². The minimum Gasteiger partial charge on any atom is -0.352 e. The molecule has 1 aliphatic rings. The van der Waals surface area contributed by atoms with Crippen molar-refractivity contribution in [1.29, 1.82) is 0 Å². The SMILES string of the molecule is O=C(NCc1ccc(F)cc1)C1CC(=O)N(c2ccccc2Br)C1. The van der Waals surface area contributed by atoms with Gasteiger partial charge in [0.1, 0.15) is 5.82 Å². The molecule has 2 aromatic rings. The number of para-hydroxylation sites is 1. The number of nitrogens with zero attached hydrogens (tertiary/aromatic N) is 1. The van der Waals surface area contributed by atoms with E-state index in [4.69, 9.17) is 0 Å². The number of hydrogen-bond acceptors (Lipinski definition) is 2. The van der Waals surface area contributed by atoms with E-state index < -0.39 is 0 Å². The number of benzene rings is 2. The first-order valence-corrected chi connectivity index (χ1v) is 8.41. The summed E-state index contributed by atoms with van der Waals surface area (Å²) in [6.07, 6.45) is 0.191. The third-order valence-corrected chi connectivity index (χ3v) is 4.69. The molecule has 1 N–H and O–H groups in total. The van der Waals surface area contributed by atoms with Crippen molar-refractivity contribution in [2.75, 3.05) is 11.4 Å². The number of carbonyl (C=O) groups is 2. The molecule has 0 bridgehead atoms. The third kappa shape index (κ3) is 3.64. The second-order valence-corrected chi connectivity index (χ2v) is 6.56. The first-order valence-electron chi connectivity index (χ1n) is 7.61. The van der Waals surface area contributed by atoms with Crippen LogP contribution < -0.4 is 10.2 Å². The lowest BCUT2D eigenvalue weighted by atomic mass is 10.1. The summed E-state index contributed by atoms with van der Waals surface area (Å²) in [6, 6.07) is 13.4. The first kappa shape index (κ1) is 16.6. The van der Waals surface area contributed by atoms with Gasteiger partial charge in [0.05, 0.1) is 11.6 Å². The van der Waals surface area contributed by atoms with Crippen LogP contribution in [0.1, 0.15) is 12.0 Å². The van der Waals surface area contributed by atoms with Crippen LogP contribution in [-0.2, 0) is 16.1 Å². The Hall–Kier alpha value is -2.21. The van der Waals surface area contributed by atoms with E-state index in [1.807, 2.05) is 24.3 Å². The summed E-state index contributed by atoms with van der Waals surface area (Å²) >= 11 is 3.43. The standard InChI is InChI=1S/C18H16BrFN2O2/c19-15-3-1-2-4-16(15)22-11-13(9-17(22)23)18(24)21-10-12-5-7-14(20)8-6-12/h1-8,13H,9-11H2,(H,21,24). The number of amides is 2. The molecule has 1 atom stereocenters. The van der Waals surface area contributed by atoms with E-state index in [1.54, 1.807) is 17.0 Å². The van der Waals surface area contributed by atoms with E-state index in [1.165, 1.54) is 12.1 Å². The summed E-state index contributed by atoms with van der Waals surface area (Å²) in [5, 5.41) is 2.82. The molecular formula is C18H16BrFN2O2. The zero-order valence-corrected chi connectivity index (χ0v) is 14.4. The van der Waals surface area contributed by atoms with Crippen molar-refractivity contribution >= 4 is 33.4 Å². The van der Waals surface area contributed by atoms with Crippen LogP contribution in [0, 0.1) is 11.7 Å². The number of anilines is 1. The number of nitrogens with one attached hydrogen (secondary N) is 1. The molecule has 6 heteroatoms. The molecule has 24 heavy (non-hydrogen) atoms. The van der Waals surface area contributed by atoms with E-state index in [0.29, 0.717) is 13.1 Å². The molecule has 0 aromatic heterocycles. The van der Waals surface area contributed by atoms with E-state index in [-0.39, 0.29) is 30.0 Å². The van der Waals surface area contributed by atoms with Gasteiger partial charge in [-0.15, -0.1) is 0 Å². The van der Waals surface area contributed by atoms with E-state index >= 15 is 0 Å². The Morgan fingerprint density at radius 3 is 2.62 bits per heavy atom. The van der Waals surface area contributed by atoms with Gasteiger partial charge in [0.15, 0.2) is 0 Å². The molecule has 1 unspecified atom stereocenters. The predicted molar refractivity (Wildman–Crippen MR) is 92.8 cm³/mol. The fourth-order valence-electron chi connectivity index (χ4n) is 2.72. The Bertz CT molecular complexity index is 764. The molecule has 124 valence electrons. The minimum absolute atomic E-state index is 0.0659. The topological polar surface area (TPSA) is 49.4 Å². The summed E-state index contributed by atoms with van der Waals surface area (Å²) < 4.78 is 13.7. The quantitative estimate of drug-likeness (QED) is 0.870. The van der Waals surface area contributed by atoms with Gasteiger partial charge in [0, 0.05) is 24.0 Å². The second-order valence-electron chi connectivity index (χ2n) is 5.70. The normalized spacial score (nSPS) is 17.2. The molecular weight excluding hydrogens is 375 g/mol. The smallest absolute Gasteiger partial charge is 0.227 e. The van der Waals surface area contributed by atoms with E-state index in [9.17, 15) is 14.0 Å². The third-order valence-electron chi connectivity index (χ3n) is 4.02. The highest BCUT2D eigenvalue weighted by molar-refractivity contribution is 9.10. The van der Waals surface area contributed by atoms with Crippen molar-refractivity contribution in [2.24, 2.45) is 5.92 Å². The maximum atomic E-state index is 12.9. The van der Waals surface area contributed by atoms with Gasteiger partial charge in [0.2, 0.25) is 11.8 Å². The molecule has 2 amide bonds. The molecule has 2 aromatic carbocycles. The van der Waals surface area contributed by atoms with Crippen LogP contribution in [0.4, 0.5) is 10.1 Å². The molecule has 1 aliphatic heterocycles. The summed E-state index contributed by atoms with van der Waals surface area (Å²) in [4.78, 5) is 26.2. The van der Waals surface area contributed by atoms with Crippen LogP contribution >= 0.6 is 15.9 Å². The molecule has 1 fully saturated rings. The van der Waals surface area contributed by atoms with Gasteiger partial charge in [-0.3, -0.25) is 9.59 Å². The predicted octanol–water partition coefficient (Wildman–Crippen LogP) is 3.26. The van der Waals surface area contributed by atoms with Crippen LogP contribution in [0.5, 0.6) is 0 Å². The monoisotopic (exact) mass is 390 g/mol. The average Bonchev–Trinajstić information content (AvgIpc) is 2.96. The molecule has 1 saturated heterocycles. The highest BCUT2D eigenvalue weighted by Gasteiger charge is 2.35. The van der Waals surface area contributed by atoms with Crippen molar-refractivity contribution in [3.8, 4) is 0 Å². The lowest BCUT2D eigenvalue weighted by Crippen LogP contribution is -2.32. The number of carbonyl (C=O) groups excluding carboxylic acids is 2. The van der Waals surface area contributed by atoms with Gasteiger partial charge in [-0.2, -0.15) is 0 Å². The summed E-state index contributed by atoms with van der Waals surface area (Å²) in [5.41, 5.74) is 1.59. The molecule has 0 spiro atoms. The highest BCUT2D eigenvalue weighted by atomic mass is 79.9. The van der Waals surface area contributed by atoms with E-state index in [0.717, 1.165) is 15.7 Å². The average molecular weight is 391 g/mol. The van der Waals surface area contributed by atoms with Gasteiger partial charge in [0.25, 0.3) is 0 Å². The molecule has 0 saturated carbocycles. The molecule has 0 radical (unpaired) electrons. The second kappa shape index (κ2) is 7.13. The van der Waals surface area contributed by atoms with E-state index in [2.05, 4.69) is 21.2 Å². The molecule has 1 heterocycles.